The number of rotatable bonds is 7. The molecule has 4 nitrogen and oxygen atoms in total. The second-order valence-corrected chi connectivity index (χ2v) is 11.5. The van der Waals surface area contributed by atoms with Gasteiger partial charge in [-0.05, 0) is 67.7 Å². The van der Waals surface area contributed by atoms with Crippen LogP contribution in [-0.4, -0.2) is 16.1 Å². The summed E-state index contributed by atoms with van der Waals surface area (Å²) in [6, 6.07) is 20.0. The molecule has 0 spiro atoms. The molecule has 3 aromatic rings. The molecular formula is C33H42N4. The first kappa shape index (κ1) is 24.5. The van der Waals surface area contributed by atoms with Gasteiger partial charge in [-0.3, -0.25) is 0 Å². The van der Waals surface area contributed by atoms with Crippen molar-refractivity contribution in [3.05, 3.63) is 72.1 Å². The largest absolute Gasteiger partial charge is 0.301 e. The van der Waals surface area contributed by atoms with E-state index in [-0.39, 0.29) is 11.6 Å². The third-order valence-corrected chi connectivity index (χ3v) is 9.80. The number of anilines is 4. The van der Waals surface area contributed by atoms with E-state index in [1.54, 1.807) is 0 Å². The van der Waals surface area contributed by atoms with Gasteiger partial charge in [-0.25, -0.2) is 9.97 Å². The van der Waals surface area contributed by atoms with Crippen LogP contribution in [0.25, 0.3) is 0 Å². The molecular weight excluding hydrogens is 452 g/mol. The lowest BCUT2D eigenvalue weighted by atomic mass is 9.62. The van der Waals surface area contributed by atoms with Gasteiger partial charge >= 0.3 is 0 Å². The highest BCUT2D eigenvalue weighted by Gasteiger charge is 2.57. The summed E-state index contributed by atoms with van der Waals surface area (Å²) in [6.45, 7) is 7.15. The number of aromatic nitrogens is 2. The summed E-state index contributed by atoms with van der Waals surface area (Å²) in [5.74, 6) is 3.40. The van der Waals surface area contributed by atoms with E-state index < -0.39 is 0 Å². The Morgan fingerprint density at radius 1 is 0.838 bits per heavy atom. The van der Waals surface area contributed by atoms with Crippen LogP contribution in [0.1, 0.15) is 95.7 Å². The fraction of sp³-hybridized carbons (Fsp3) is 0.515. The molecule has 0 radical (unpaired) electrons. The van der Waals surface area contributed by atoms with E-state index in [2.05, 4.69) is 91.4 Å². The van der Waals surface area contributed by atoms with Crippen LogP contribution < -0.4 is 9.80 Å². The molecule has 37 heavy (non-hydrogen) atoms. The number of fused-ring (bicyclic) bond motifs is 5. The van der Waals surface area contributed by atoms with E-state index in [4.69, 9.17) is 9.97 Å². The summed E-state index contributed by atoms with van der Waals surface area (Å²) in [5.41, 5.74) is 5.23. The van der Waals surface area contributed by atoms with Crippen LogP contribution in [0, 0.1) is 11.3 Å². The van der Waals surface area contributed by atoms with Gasteiger partial charge in [0.1, 0.15) is 6.17 Å². The van der Waals surface area contributed by atoms with Crippen molar-refractivity contribution in [2.24, 2.45) is 11.3 Å². The Bertz CT molecular complexity index is 1210. The standard InChI is InChI=1S/C33H42N4/c1-4-28-27-19-13-14-20-29(27)37-31-30(34-23-25(35-31)22-21-24-15-9-7-10-16-24)36(26-17-11-8-12-18-26)32(37)33(28,5-2)6-3/h8,11-14,17-20,23-24,28,32H,4-7,9-10,15-16,21-22H2,1-3H3. The maximum atomic E-state index is 5.40. The van der Waals surface area contributed by atoms with E-state index in [9.17, 15) is 0 Å². The minimum atomic E-state index is 0.0869. The fourth-order valence-corrected chi connectivity index (χ4v) is 7.87. The van der Waals surface area contributed by atoms with Gasteiger partial charge in [0.15, 0.2) is 11.6 Å². The predicted octanol–water partition coefficient (Wildman–Crippen LogP) is 8.92. The Balaban J connectivity index is 1.50. The normalized spacial score (nSPS) is 22.5. The molecule has 2 aromatic carbocycles. The van der Waals surface area contributed by atoms with E-state index in [1.807, 2.05) is 0 Å². The highest BCUT2D eigenvalue weighted by atomic mass is 15.5. The molecule has 194 valence electrons. The summed E-state index contributed by atoms with van der Waals surface area (Å²) >= 11 is 0. The number of hydrogen-bond acceptors (Lipinski definition) is 4. The molecule has 0 bridgehead atoms. The van der Waals surface area contributed by atoms with Crippen molar-refractivity contribution in [1.82, 2.24) is 9.97 Å². The van der Waals surface area contributed by atoms with Crippen LogP contribution in [0.2, 0.25) is 0 Å². The van der Waals surface area contributed by atoms with E-state index in [0.717, 1.165) is 48.9 Å². The van der Waals surface area contributed by atoms with Crippen LogP contribution in [0.3, 0.4) is 0 Å². The topological polar surface area (TPSA) is 32.3 Å². The number of aryl methyl sites for hydroxylation is 1. The summed E-state index contributed by atoms with van der Waals surface area (Å²) in [5, 5.41) is 0. The maximum absolute atomic E-state index is 5.40. The number of para-hydroxylation sites is 2. The van der Waals surface area contributed by atoms with Gasteiger partial charge in [0, 0.05) is 16.8 Å². The molecule has 2 atom stereocenters. The van der Waals surface area contributed by atoms with E-state index >= 15 is 0 Å². The maximum Gasteiger partial charge on any atom is 0.178 e. The fourth-order valence-electron chi connectivity index (χ4n) is 7.87. The van der Waals surface area contributed by atoms with Crippen molar-refractivity contribution in [2.75, 3.05) is 9.80 Å². The van der Waals surface area contributed by atoms with Gasteiger partial charge in [-0.1, -0.05) is 89.3 Å². The Morgan fingerprint density at radius 2 is 1.57 bits per heavy atom. The van der Waals surface area contributed by atoms with Crippen LogP contribution in [0.15, 0.2) is 60.8 Å². The van der Waals surface area contributed by atoms with Crippen molar-refractivity contribution in [3.8, 4) is 0 Å². The minimum absolute atomic E-state index is 0.0869. The van der Waals surface area contributed by atoms with Crippen molar-refractivity contribution < 1.29 is 0 Å². The third-order valence-electron chi connectivity index (χ3n) is 9.80. The Morgan fingerprint density at radius 3 is 2.30 bits per heavy atom. The van der Waals surface area contributed by atoms with Gasteiger partial charge in [-0.15, -0.1) is 0 Å². The molecule has 1 saturated carbocycles. The lowest BCUT2D eigenvalue weighted by Gasteiger charge is -2.54. The molecule has 1 aliphatic carbocycles. The van der Waals surface area contributed by atoms with Crippen LogP contribution in [-0.2, 0) is 6.42 Å². The quantitative estimate of drug-likeness (QED) is 0.328. The highest BCUT2D eigenvalue weighted by molar-refractivity contribution is 5.86. The van der Waals surface area contributed by atoms with E-state index in [1.165, 1.54) is 55.5 Å². The summed E-state index contributed by atoms with van der Waals surface area (Å²) < 4.78 is 0. The number of benzene rings is 2. The Labute approximate surface area is 223 Å². The number of hydrogen-bond donors (Lipinski definition) is 0. The minimum Gasteiger partial charge on any atom is -0.301 e. The Hall–Kier alpha value is -2.88. The molecule has 1 aromatic heterocycles. The molecule has 2 aliphatic heterocycles. The summed E-state index contributed by atoms with van der Waals surface area (Å²) in [7, 11) is 0. The zero-order chi connectivity index (χ0) is 25.4. The van der Waals surface area contributed by atoms with Crippen molar-refractivity contribution in [1.29, 1.82) is 0 Å². The molecule has 3 heterocycles. The molecule has 3 aliphatic rings. The zero-order valence-corrected chi connectivity index (χ0v) is 22.9. The first-order valence-corrected chi connectivity index (χ1v) is 14.8. The van der Waals surface area contributed by atoms with Crippen molar-refractivity contribution in [3.63, 3.8) is 0 Å². The Kier molecular flexibility index (Phi) is 6.69. The first-order chi connectivity index (χ1) is 18.2. The summed E-state index contributed by atoms with van der Waals surface area (Å²) in [6.07, 6.45) is 14.8. The predicted molar refractivity (Wildman–Crippen MR) is 154 cm³/mol. The molecule has 0 amide bonds. The SMILES string of the molecule is CCC1c2ccccc2N2c3nc(CCC4CCCCC4)cnc3N(c3ccccc3)C2C1(CC)CC. The van der Waals surface area contributed by atoms with Gasteiger partial charge in [0.05, 0.1) is 11.9 Å². The van der Waals surface area contributed by atoms with Crippen LogP contribution in [0.4, 0.5) is 23.0 Å². The average molecular weight is 495 g/mol. The van der Waals surface area contributed by atoms with Gasteiger partial charge < -0.3 is 9.80 Å². The van der Waals surface area contributed by atoms with Crippen molar-refractivity contribution in [2.45, 2.75) is 97.1 Å². The van der Waals surface area contributed by atoms with Crippen molar-refractivity contribution >= 4 is 23.0 Å². The van der Waals surface area contributed by atoms with E-state index in [0.29, 0.717) is 5.92 Å². The van der Waals surface area contributed by atoms with Gasteiger partial charge in [-0.2, -0.15) is 0 Å². The lowest BCUT2D eigenvalue weighted by Crippen LogP contribution is -2.57. The molecule has 6 rings (SSSR count). The molecule has 0 saturated heterocycles. The molecule has 0 N–H and O–H groups in total. The van der Waals surface area contributed by atoms with Crippen LogP contribution >= 0.6 is 0 Å². The monoisotopic (exact) mass is 494 g/mol. The summed E-state index contributed by atoms with van der Waals surface area (Å²) in [4.78, 5) is 15.7. The first-order valence-electron chi connectivity index (χ1n) is 14.8. The lowest BCUT2D eigenvalue weighted by molar-refractivity contribution is 0.143. The second-order valence-electron chi connectivity index (χ2n) is 11.5. The smallest absolute Gasteiger partial charge is 0.178 e. The number of nitrogens with zero attached hydrogens (tertiary/aromatic N) is 4. The van der Waals surface area contributed by atoms with Crippen LogP contribution in [0.5, 0.6) is 0 Å². The second kappa shape index (κ2) is 10.1. The van der Waals surface area contributed by atoms with Gasteiger partial charge in [0.2, 0.25) is 0 Å². The third kappa shape index (κ3) is 3.95. The molecule has 4 heteroatoms. The van der Waals surface area contributed by atoms with Gasteiger partial charge in [0.25, 0.3) is 0 Å². The zero-order valence-electron chi connectivity index (χ0n) is 22.9. The molecule has 1 fully saturated rings. The molecule has 2 unspecified atom stereocenters. The highest BCUT2D eigenvalue weighted by Crippen LogP contribution is 2.62. The average Bonchev–Trinajstić information content (AvgIpc) is 3.31.